The van der Waals surface area contributed by atoms with Crippen molar-refractivity contribution in [1.29, 1.82) is 0 Å². The van der Waals surface area contributed by atoms with E-state index in [0.717, 1.165) is 10.6 Å². The topological polar surface area (TPSA) is 107 Å². The van der Waals surface area contributed by atoms with Gasteiger partial charge in [-0.05, 0) is 55.0 Å². The van der Waals surface area contributed by atoms with Crippen molar-refractivity contribution in [3.05, 3.63) is 48.0 Å². The van der Waals surface area contributed by atoms with Crippen LogP contribution < -0.4 is 23.9 Å². The zero-order chi connectivity index (χ0) is 21.0. The first-order valence-electron chi connectivity index (χ1n) is 8.65. The Balaban J connectivity index is 1.72. The number of methoxy groups -OCH3 is 1. The summed E-state index contributed by atoms with van der Waals surface area (Å²) in [7, 11) is -2.20. The molecule has 1 amide bonds. The van der Waals surface area contributed by atoms with Crippen LogP contribution in [0.1, 0.15) is 12.5 Å². The second-order valence-corrected chi connectivity index (χ2v) is 8.14. The Morgan fingerprint density at radius 2 is 1.90 bits per heavy atom. The smallest absolute Gasteiger partial charge is 0.263 e. The number of nitrogens with one attached hydrogen (secondary N) is 1. The first-order valence-corrected chi connectivity index (χ1v) is 10.5. The standard InChI is InChI=1S/C19H21N3O6S/c1-13(22(29(3,24)25)15-5-7-16(26-2)8-6-15)19(23)21-20-11-14-4-9-17-18(10-14)28-12-27-17/h4-11,13H,12H2,1-3H3,(H,21,23)/b20-11-/t13-/m0/s1. The predicted molar refractivity (Wildman–Crippen MR) is 108 cm³/mol. The number of benzene rings is 2. The van der Waals surface area contributed by atoms with E-state index in [4.69, 9.17) is 14.2 Å². The van der Waals surface area contributed by atoms with Gasteiger partial charge in [0.1, 0.15) is 11.8 Å². The molecular formula is C19H21N3O6S. The van der Waals surface area contributed by atoms with Crippen molar-refractivity contribution in [2.24, 2.45) is 5.10 Å². The molecule has 1 atom stereocenters. The van der Waals surface area contributed by atoms with Gasteiger partial charge in [0, 0.05) is 0 Å². The average molecular weight is 419 g/mol. The van der Waals surface area contributed by atoms with Gasteiger partial charge in [0.05, 0.1) is 25.3 Å². The molecule has 0 radical (unpaired) electrons. The summed E-state index contributed by atoms with van der Waals surface area (Å²) < 4.78 is 41.2. The first-order chi connectivity index (χ1) is 13.8. The number of anilines is 1. The van der Waals surface area contributed by atoms with Crippen LogP contribution >= 0.6 is 0 Å². The molecule has 10 heteroatoms. The van der Waals surface area contributed by atoms with Crippen molar-refractivity contribution in [2.75, 3.05) is 24.5 Å². The quantitative estimate of drug-likeness (QED) is 0.541. The van der Waals surface area contributed by atoms with Gasteiger partial charge in [0.2, 0.25) is 16.8 Å². The second-order valence-electron chi connectivity index (χ2n) is 6.28. The molecule has 0 bridgehead atoms. The molecule has 1 aliphatic rings. The van der Waals surface area contributed by atoms with Crippen LogP contribution in [0.25, 0.3) is 0 Å². The summed E-state index contributed by atoms with van der Waals surface area (Å²) in [4.78, 5) is 12.5. The van der Waals surface area contributed by atoms with Crippen molar-refractivity contribution >= 4 is 27.8 Å². The molecule has 9 nitrogen and oxygen atoms in total. The lowest BCUT2D eigenvalue weighted by Crippen LogP contribution is -2.46. The van der Waals surface area contributed by atoms with Gasteiger partial charge >= 0.3 is 0 Å². The molecule has 0 fully saturated rings. The number of sulfonamides is 1. The Labute approximate surface area is 168 Å². The van der Waals surface area contributed by atoms with Crippen molar-refractivity contribution in [1.82, 2.24) is 5.43 Å². The van der Waals surface area contributed by atoms with E-state index in [-0.39, 0.29) is 6.79 Å². The van der Waals surface area contributed by atoms with Gasteiger partial charge in [-0.15, -0.1) is 0 Å². The molecule has 3 rings (SSSR count). The van der Waals surface area contributed by atoms with E-state index in [9.17, 15) is 13.2 Å². The molecule has 29 heavy (non-hydrogen) atoms. The number of hydrogen-bond acceptors (Lipinski definition) is 7. The van der Waals surface area contributed by atoms with Gasteiger partial charge in [-0.2, -0.15) is 5.10 Å². The minimum Gasteiger partial charge on any atom is -0.497 e. The minimum atomic E-state index is -3.72. The molecular weight excluding hydrogens is 398 g/mol. The van der Waals surface area contributed by atoms with E-state index in [0.29, 0.717) is 28.5 Å². The van der Waals surface area contributed by atoms with Crippen LogP contribution in [-0.2, 0) is 14.8 Å². The third kappa shape index (κ3) is 4.77. The van der Waals surface area contributed by atoms with Gasteiger partial charge in [0.25, 0.3) is 5.91 Å². The summed E-state index contributed by atoms with van der Waals surface area (Å²) in [6.07, 6.45) is 2.47. The average Bonchev–Trinajstić information content (AvgIpc) is 3.15. The molecule has 2 aromatic carbocycles. The summed E-state index contributed by atoms with van der Waals surface area (Å²) in [5.41, 5.74) is 3.41. The third-order valence-corrected chi connectivity index (χ3v) is 5.44. The predicted octanol–water partition coefficient (Wildman–Crippen LogP) is 1.73. The molecule has 2 aromatic rings. The Hall–Kier alpha value is -3.27. The fourth-order valence-corrected chi connectivity index (χ4v) is 3.97. The van der Waals surface area contributed by atoms with Gasteiger partial charge in [-0.3, -0.25) is 9.10 Å². The molecule has 0 aliphatic carbocycles. The Bertz CT molecular complexity index is 1020. The van der Waals surface area contributed by atoms with Crippen LogP contribution in [0.5, 0.6) is 17.2 Å². The largest absolute Gasteiger partial charge is 0.497 e. The number of hydrogen-bond donors (Lipinski definition) is 1. The number of amides is 1. The van der Waals surface area contributed by atoms with Crippen LogP contribution in [0.4, 0.5) is 5.69 Å². The maximum atomic E-state index is 12.5. The molecule has 0 unspecified atom stereocenters. The molecule has 0 aromatic heterocycles. The maximum Gasteiger partial charge on any atom is 0.263 e. The summed E-state index contributed by atoms with van der Waals surface area (Å²) in [5.74, 6) is 1.23. The Morgan fingerprint density at radius 1 is 1.21 bits per heavy atom. The Morgan fingerprint density at radius 3 is 2.55 bits per heavy atom. The van der Waals surface area contributed by atoms with Gasteiger partial charge in [-0.1, -0.05) is 0 Å². The lowest BCUT2D eigenvalue weighted by atomic mass is 10.2. The summed E-state index contributed by atoms with van der Waals surface area (Å²) in [5, 5.41) is 3.91. The highest BCUT2D eigenvalue weighted by molar-refractivity contribution is 7.92. The van der Waals surface area contributed by atoms with Crippen LogP contribution in [0.2, 0.25) is 0 Å². The third-order valence-electron chi connectivity index (χ3n) is 4.20. The SMILES string of the molecule is COc1ccc(N([C@@H](C)C(=O)N/N=C\c2ccc3c(c2)OCO3)S(C)(=O)=O)cc1. The lowest BCUT2D eigenvalue weighted by Gasteiger charge is -2.27. The van der Waals surface area contributed by atoms with E-state index in [1.165, 1.54) is 20.2 Å². The fourth-order valence-electron chi connectivity index (χ4n) is 2.80. The molecule has 0 saturated heterocycles. The zero-order valence-corrected chi connectivity index (χ0v) is 17.0. The highest BCUT2D eigenvalue weighted by Crippen LogP contribution is 2.32. The molecule has 1 aliphatic heterocycles. The summed E-state index contributed by atoms with van der Waals surface area (Å²) in [6, 6.07) is 10.6. The number of hydrazone groups is 1. The number of carbonyl (C=O) groups is 1. The van der Waals surface area contributed by atoms with Gasteiger partial charge in [-0.25, -0.2) is 13.8 Å². The lowest BCUT2D eigenvalue weighted by molar-refractivity contribution is -0.121. The summed E-state index contributed by atoms with van der Waals surface area (Å²) >= 11 is 0. The maximum absolute atomic E-state index is 12.5. The highest BCUT2D eigenvalue weighted by atomic mass is 32.2. The molecule has 1 heterocycles. The van der Waals surface area contributed by atoms with Crippen molar-refractivity contribution in [2.45, 2.75) is 13.0 Å². The van der Waals surface area contributed by atoms with E-state index in [2.05, 4.69) is 10.5 Å². The molecule has 154 valence electrons. The van der Waals surface area contributed by atoms with E-state index >= 15 is 0 Å². The van der Waals surface area contributed by atoms with Gasteiger partial charge < -0.3 is 14.2 Å². The van der Waals surface area contributed by atoms with Crippen LogP contribution in [0.3, 0.4) is 0 Å². The Kier molecular flexibility index (Phi) is 5.92. The van der Waals surface area contributed by atoms with E-state index in [1.54, 1.807) is 42.5 Å². The van der Waals surface area contributed by atoms with Crippen LogP contribution in [-0.4, -0.2) is 46.7 Å². The minimum absolute atomic E-state index is 0.164. The number of nitrogens with zero attached hydrogens (tertiary/aromatic N) is 2. The number of ether oxygens (including phenoxy) is 3. The fraction of sp³-hybridized carbons (Fsp3) is 0.263. The molecule has 0 spiro atoms. The van der Waals surface area contributed by atoms with Gasteiger partial charge in [0.15, 0.2) is 11.5 Å². The van der Waals surface area contributed by atoms with Crippen molar-refractivity contribution in [3.8, 4) is 17.2 Å². The zero-order valence-electron chi connectivity index (χ0n) is 16.2. The normalized spacial score (nSPS) is 13.9. The molecule has 0 saturated carbocycles. The van der Waals surface area contributed by atoms with E-state index < -0.39 is 22.0 Å². The monoisotopic (exact) mass is 419 g/mol. The number of rotatable bonds is 7. The van der Waals surface area contributed by atoms with Crippen LogP contribution in [0.15, 0.2) is 47.6 Å². The second kappa shape index (κ2) is 8.39. The summed E-state index contributed by atoms with van der Waals surface area (Å²) in [6.45, 7) is 1.65. The highest BCUT2D eigenvalue weighted by Gasteiger charge is 2.29. The molecule has 1 N–H and O–H groups in total. The van der Waals surface area contributed by atoms with Crippen molar-refractivity contribution < 1.29 is 27.4 Å². The van der Waals surface area contributed by atoms with Crippen LogP contribution in [0, 0.1) is 0 Å². The first kappa shape index (κ1) is 20.5. The number of carbonyl (C=O) groups excluding carboxylic acids is 1. The van der Waals surface area contributed by atoms with E-state index in [1.807, 2.05) is 0 Å². The van der Waals surface area contributed by atoms with Crippen molar-refractivity contribution in [3.63, 3.8) is 0 Å². The number of fused-ring (bicyclic) bond motifs is 1.